The van der Waals surface area contributed by atoms with Crippen LogP contribution in [0, 0.1) is 0 Å². The molecule has 1 fully saturated rings. The molecule has 1 aromatic carbocycles. The van der Waals surface area contributed by atoms with Crippen LogP contribution in [0.4, 0.5) is 0 Å². The molecular formula is C25H35N5O. The Morgan fingerprint density at radius 3 is 2.55 bits per heavy atom. The molecule has 0 spiro atoms. The first-order valence-corrected chi connectivity index (χ1v) is 11.4. The fourth-order valence-corrected chi connectivity index (χ4v) is 3.69. The highest BCUT2D eigenvalue weighted by atomic mass is 16.1. The van der Waals surface area contributed by atoms with Crippen molar-refractivity contribution in [3.8, 4) is 0 Å². The summed E-state index contributed by atoms with van der Waals surface area (Å²) in [6, 6.07) is 15.7. The van der Waals surface area contributed by atoms with Crippen LogP contribution >= 0.6 is 0 Å². The zero-order valence-corrected chi connectivity index (χ0v) is 18.6. The van der Waals surface area contributed by atoms with Gasteiger partial charge in [0.1, 0.15) is 0 Å². The van der Waals surface area contributed by atoms with Gasteiger partial charge in [-0.05, 0) is 31.4 Å². The van der Waals surface area contributed by atoms with Crippen LogP contribution in [-0.4, -0.2) is 66.1 Å². The number of rotatable bonds is 9. The first kappa shape index (κ1) is 22.8. The Morgan fingerprint density at radius 2 is 1.81 bits per heavy atom. The van der Waals surface area contributed by atoms with Gasteiger partial charge in [-0.25, -0.2) is 0 Å². The lowest BCUT2D eigenvalue weighted by Gasteiger charge is -2.36. The predicted molar refractivity (Wildman–Crippen MR) is 129 cm³/mol. The summed E-state index contributed by atoms with van der Waals surface area (Å²) in [5, 5.41) is 3.44. The van der Waals surface area contributed by atoms with Crippen molar-refractivity contribution in [1.82, 2.24) is 19.7 Å². The first-order valence-electron chi connectivity index (χ1n) is 11.4. The summed E-state index contributed by atoms with van der Waals surface area (Å²) in [4.78, 5) is 21.4. The lowest BCUT2D eigenvalue weighted by atomic mass is 10.2. The van der Waals surface area contributed by atoms with Gasteiger partial charge < -0.3 is 14.8 Å². The molecule has 6 nitrogen and oxygen atoms in total. The van der Waals surface area contributed by atoms with E-state index in [4.69, 9.17) is 4.99 Å². The topological polar surface area (TPSA) is 52.9 Å². The second-order valence-corrected chi connectivity index (χ2v) is 7.78. The molecule has 0 radical (unpaired) electrons. The third kappa shape index (κ3) is 7.72. The maximum atomic E-state index is 11.8. The third-order valence-electron chi connectivity index (χ3n) is 5.45. The summed E-state index contributed by atoms with van der Waals surface area (Å²) in [6.45, 7) is 9.57. The summed E-state index contributed by atoms with van der Waals surface area (Å²) in [6.07, 6.45) is 8.23. The number of hydrogen-bond donors (Lipinski definition) is 1. The van der Waals surface area contributed by atoms with E-state index in [-0.39, 0.29) is 5.56 Å². The Morgan fingerprint density at radius 1 is 1.03 bits per heavy atom. The number of aliphatic imine (C=N–C) groups is 1. The number of nitrogens with one attached hydrogen (secondary N) is 1. The molecule has 31 heavy (non-hydrogen) atoms. The zero-order chi connectivity index (χ0) is 21.7. The number of aryl methyl sites for hydroxylation is 1. The fraction of sp³-hybridized carbons (Fsp3) is 0.440. The Hall–Kier alpha value is -2.86. The summed E-state index contributed by atoms with van der Waals surface area (Å²) in [7, 11) is 0. The molecule has 1 aliphatic heterocycles. The van der Waals surface area contributed by atoms with Gasteiger partial charge in [0.25, 0.3) is 0 Å². The van der Waals surface area contributed by atoms with E-state index < -0.39 is 0 Å². The summed E-state index contributed by atoms with van der Waals surface area (Å²) < 4.78 is 1.76. The molecule has 2 aromatic rings. The molecule has 0 atom stereocenters. The molecule has 1 aliphatic rings. The van der Waals surface area contributed by atoms with E-state index >= 15 is 0 Å². The van der Waals surface area contributed by atoms with Gasteiger partial charge in [-0.2, -0.15) is 0 Å². The Balaban J connectivity index is 1.40. The van der Waals surface area contributed by atoms with E-state index in [1.807, 2.05) is 18.3 Å². The molecule has 0 saturated carbocycles. The van der Waals surface area contributed by atoms with Crippen LogP contribution < -0.4 is 10.9 Å². The maximum Gasteiger partial charge on any atom is 0.250 e. The third-order valence-corrected chi connectivity index (χ3v) is 5.45. The molecule has 2 heterocycles. The van der Waals surface area contributed by atoms with Gasteiger partial charge in [0.2, 0.25) is 5.56 Å². The number of unbranched alkanes of at least 4 members (excludes halogenated alkanes) is 1. The summed E-state index contributed by atoms with van der Waals surface area (Å²) in [5.74, 6) is 1.01. The molecule has 166 valence electrons. The highest BCUT2D eigenvalue weighted by molar-refractivity contribution is 5.80. The van der Waals surface area contributed by atoms with Crippen LogP contribution in [0.1, 0.15) is 25.3 Å². The van der Waals surface area contributed by atoms with Gasteiger partial charge >= 0.3 is 0 Å². The van der Waals surface area contributed by atoms with E-state index in [1.54, 1.807) is 16.7 Å². The molecule has 0 unspecified atom stereocenters. The zero-order valence-electron chi connectivity index (χ0n) is 18.6. The molecule has 6 heteroatoms. The van der Waals surface area contributed by atoms with Crippen LogP contribution in [0.2, 0.25) is 0 Å². The minimum atomic E-state index is 0.0656. The number of guanidine groups is 1. The molecular weight excluding hydrogens is 386 g/mol. The van der Waals surface area contributed by atoms with Crippen LogP contribution in [0.5, 0.6) is 0 Å². The molecule has 1 N–H and O–H groups in total. The van der Waals surface area contributed by atoms with Gasteiger partial charge in [-0.1, -0.05) is 48.6 Å². The molecule has 0 bridgehead atoms. The number of nitrogens with zero attached hydrogens (tertiary/aromatic N) is 4. The van der Waals surface area contributed by atoms with Crippen molar-refractivity contribution in [2.24, 2.45) is 4.99 Å². The lowest BCUT2D eigenvalue weighted by Crippen LogP contribution is -2.52. The SMILES string of the molecule is CCNC(=NCCCCn1ccccc1=O)N1CCN(C/C=C/c2ccccc2)CC1. The number of pyridine rings is 1. The number of benzene rings is 1. The number of aromatic nitrogens is 1. The second kappa shape index (κ2) is 12.7. The van der Waals surface area contributed by atoms with Crippen LogP contribution in [0.3, 0.4) is 0 Å². The van der Waals surface area contributed by atoms with Crippen molar-refractivity contribution in [2.75, 3.05) is 45.8 Å². The van der Waals surface area contributed by atoms with Crippen molar-refractivity contribution in [2.45, 2.75) is 26.3 Å². The molecule has 0 aliphatic carbocycles. The summed E-state index contributed by atoms with van der Waals surface area (Å²) >= 11 is 0. The lowest BCUT2D eigenvalue weighted by molar-refractivity contribution is 0.194. The molecule has 1 saturated heterocycles. The van der Waals surface area contributed by atoms with Crippen molar-refractivity contribution < 1.29 is 0 Å². The van der Waals surface area contributed by atoms with E-state index in [2.05, 4.69) is 58.5 Å². The van der Waals surface area contributed by atoms with Gasteiger partial charge in [0.05, 0.1) is 0 Å². The normalized spacial score (nSPS) is 15.5. The minimum Gasteiger partial charge on any atom is -0.357 e. The highest BCUT2D eigenvalue weighted by Crippen LogP contribution is 2.05. The van der Waals surface area contributed by atoms with Crippen molar-refractivity contribution >= 4 is 12.0 Å². The average molecular weight is 422 g/mol. The molecule has 1 aromatic heterocycles. The van der Waals surface area contributed by atoms with E-state index in [0.717, 1.165) is 71.2 Å². The first-order chi connectivity index (χ1) is 15.3. The average Bonchev–Trinajstić information content (AvgIpc) is 2.80. The predicted octanol–water partition coefficient (Wildman–Crippen LogP) is 2.93. The molecule has 0 amide bonds. The maximum absolute atomic E-state index is 11.8. The van der Waals surface area contributed by atoms with E-state index in [9.17, 15) is 4.79 Å². The minimum absolute atomic E-state index is 0.0656. The second-order valence-electron chi connectivity index (χ2n) is 7.78. The quantitative estimate of drug-likeness (QED) is 0.384. The number of piperazine rings is 1. The van der Waals surface area contributed by atoms with E-state index in [1.165, 1.54) is 5.56 Å². The highest BCUT2D eigenvalue weighted by Gasteiger charge is 2.18. The standard InChI is InChI=1S/C25H35N5O/c1-2-26-25(27-15-7-9-18-29-17-8-6-14-24(29)31)30-21-19-28(20-22-30)16-10-13-23-11-4-3-5-12-23/h3-6,8,10-14,17H,2,7,9,15-16,18-22H2,1H3,(H,26,27)/b13-10+. The Kier molecular flexibility index (Phi) is 9.38. The smallest absolute Gasteiger partial charge is 0.250 e. The van der Waals surface area contributed by atoms with Crippen LogP contribution in [0.15, 0.2) is 70.6 Å². The van der Waals surface area contributed by atoms with Gasteiger partial charge in [-0.15, -0.1) is 0 Å². The number of hydrogen-bond acceptors (Lipinski definition) is 3. The van der Waals surface area contributed by atoms with Gasteiger partial charge in [0.15, 0.2) is 5.96 Å². The molecule has 3 rings (SSSR count). The Labute approximate surface area is 185 Å². The summed E-state index contributed by atoms with van der Waals surface area (Å²) in [5.41, 5.74) is 1.32. The van der Waals surface area contributed by atoms with Gasteiger partial charge in [-0.3, -0.25) is 14.7 Å². The van der Waals surface area contributed by atoms with Crippen molar-refractivity contribution in [3.05, 3.63) is 76.7 Å². The van der Waals surface area contributed by atoms with Crippen molar-refractivity contribution in [1.29, 1.82) is 0 Å². The van der Waals surface area contributed by atoms with Crippen molar-refractivity contribution in [3.63, 3.8) is 0 Å². The fourth-order valence-electron chi connectivity index (χ4n) is 3.69. The van der Waals surface area contributed by atoms with E-state index in [0.29, 0.717) is 0 Å². The van der Waals surface area contributed by atoms with Crippen LogP contribution in [-0.2, 0) is 6.54 Å². The van der Waals surface area contributed by atoms with Crippen LogP contribution in [0.25, 0.3) is 6.08 Å². The monoisotopic (exact) mass is 421 g/mol. The Bertz CT molecular complexity index is 882. The van der Waals surface area contributed by atoms with Gasteiger partial charge in [0, 0.05) is 64.6 Å². The largest absolute Gasteiger partial charge is 0.357 e.